The van der Waals surface area contributed by atoms with Gasteiger partial charge in [0.15, 0.2) is 0 Å². The first kappa shape index (κ1) is 14.6. The maximum Gasteiger partial charge on any atom is 0.320 e. The summed E-state index contributed by atoms with van der Waals surface area (Å²) in [6, 6.07) is 0.0848. The Balaban J connectivity index is 1.73. The molecule has 3 rings (SSSR count). The number of amides is 2. The molecule has 3 fully saturated rings. The van der Waals surface area contributed by atoms with Gasteiger partial charge in [-0.25, -0.2) is 4.79 Å². The number of carbonyl (C=O) groups is 2. The summed E-state index contributed by atoms with van der Waals surface area (Å²) in [5.41, 5.74) is -0.0289. The van der Waals surface area contributed by atoms with Gasteiger partial charge in [0.2, 0.25) is 0 Å². The Morgan fingerprint density at radius 1 is 1.19 bits per heavy atom. The summed E-state index contributed by atoms with van der Waals surface area (Å²) < 4.78 is 0. The Hall–Kier alpha value is -1.30. The summed E-state index contributed by atoms with van der Waals surface area (Å²) in [4.78, 5) is 30.2. The van der Waals surface area contributed by atoms with Crippen molar-refractivity contribution < 1.29 is 14.7 Å². The number of urea groups is 1. The standard InChI is InChI=1S/C15H25N3O3/c1-15(2)9-17(7-6-16(15)3)14(21)18-10-4-5-12(18)11(8-10)13(19)20/h10-12H,4-9H2,1-3H3,(H,19,20). The van der Waals surface area contributed by atoms with Gasteiger partial charge >= 0.3 is 12.0 Å². The van der Waals surface area contributed by atoms with Gasteiger partial charge in [0.1, 0.15) is 0 Å². The van der Waals surface area contributed by atoms with Crippen molar-refractivity contribution in [3.63, 3.8) is 0 Å². The van der Waals surface area contributed by atoms with Gasteiger partial charge in [-0.3, -0.25) is 9.69 Å². The minimum Gasteiger partial charge on any atom is -0.481 e. The van der Waals surface area contributed by atoms with Gasteiger partial charge in [0.25, 0.3) is 0 Å². The lowest BCUT2D eigenvalue weighted by atomic mass is 9.89. The number of rotatable bonds is 1. The maximum atomic E-state index is 12.9. The molecule has 3 saturated heterocycles. The van der Waals surface area contributed by atoms with Crippen LogP contribution in [0, 0.1) is 5.92 Å². The number of carboxylic acid groups (broad SMARTS) is 1. The molecule has 2 amide bonds. The third kappa shape index (κ3) is 2.29. The van der Waals surface area contributed by atoms with Crippen molar-refractivity contribution in [1.82, 2.24) is 14.7 Å². The summed E-state index contributed by atoms with van der Waals surface area (Å²) in [5, 5.41) is 9.30. The van der Waals surface area contributed by atoms with Crippen LogP contribution in [0.25, 0.3) is 0 Å². The van der Waals surface area contributed by atoms with Gasteiger partial charge in [0.05, 0.1) is 5.92 Å². The molecule has 6 nitrogen and oxygen atoms in total. The van der Waals surface area contributed by atoms with Crippen LogP contribution in [0.1, 0.15) is 33.1 Å². The van der Waals surface area contributed by atoms with Crippen LogP contribution in [0.15, 0.2) is 0 Å². The average Bonchev–Trinajstić information content (AvgIpc) is 2.98. The van der Waals surface area contributed by atoms with Crippen LogP contribution in [0.5, 0.6) is 0 Å². The molecule has 2 bridgehead atoms. The topological polar surface area (TPSA) is 64.1 Å². The molecular formula is C15H25N3O3. The molecular weight excluding hydrogens is 270 g/mol. The van der Waals surface area contributed by atoms with Gasteiger partial charge in [-0.1, -0.05) is 0 Å². The zero-order valence-corrected chi connectivity index (χ0v) is 13.1. The second kappa shape index (κ2) is 4.87. The second-order valence-electron chi connectivity index (χ2n) is 7.32. The summed E-state index contributed by atoms with van der Waals surface area (Å²) in [7, 11) is 2.09. The largest absolute Gasteiger partial charge is 0.481 e. The predicted molar refractivity (Wildman–Crippen MR) is 78.1 cm³/mol. The molecule has 3 atom stereocenters. The molecule has 3 unspecified atom stereocenters. The number of hydrogen-bond donors (Lipinski definition) is 1. The van der Waals surface area contributed by atoms with Crippen LogP contribution in [0.4, 0.5) is 4.79 Å². The SMILES string of the molecule is CN1CCN(C(=O)N2C3CCC2C(C(=O)O)C3)CC1(C)C. The van der Waals surface area contributed by atoms with E-state index in [9.17, 15) is 14.7 Å². The Bertz CT molecular complexity index is 465. The molecule has 1 N–H and O–H groups in total. The second-order valence-corrected chi connectivity index (χ2v) is 7.32. The fourth-order valence-electron chi connectivity index (χ4n) is 4.12. The van der Waals surface area contributed by atoms with Crippen LogP contribution >= 0.6 is 0 Å². The monoisotopic (exact) mass is 295 g/mol. The van der Waals surface area contributed by atoms with Crippen molar-refractivity contribution >= 4 is 12.0 Å². The summed E-state index contributed by atoms with van der Waals surface area (Å²) >= 11 is 0. The maximum absolute atomic E-state index is 12.9. The van der Waals surface area contributed by atoms with E-state index in [1.807, 2.05) is 9.80 Å². The molecule has 0 aromatic rings. The molecule has 0 aromatic carbocycles. The fourth-order valence-corrected chi connectivity index (χ4v) is 4.12. The van der Waals surface area contributed by atoms with Gasteiger partial charge < -0.3 is 14.9 Å². The van der Waals surface area contributed by atoms with Crippen molar-refractivity contribution in [2.24, 2.45) is 5.92 Å². The van der Waals surface area contributed by atoms with Crippen LogP contribution in [0.2, 0.25) is 0 Å². The van der Waals surface area contributed by atoms with Crippen molar-refractivity contribution in [3.05, 3.63) is 0 Å². The minimum atomic E-state index is -0.751. The highest BCUT2D eigenvalue weighted by Crippen LogP contribution is 2.42. The Morgan fingerprint density at radius 2 is 1.90 bits per heavy atom. The predicted octanol–water partition coefficient (Wildman–Crippen LogP) is 1.07. The zero-order chi connectivity index (χ0) is 15.4. The normalized spacial score (nSPS) is 35.3. The highest BCUT2D eigenvalue weighted by atomic mass is 16.4. The number of carboxylic acids is 1. The Labute approximate surface area is 125 Å². The number of nitrogens with zero attached hydrogens (tertiary/aromatic N) is 3. The number of carbonyl (C=O) groups excluding carboxylic acids is 1. The van der Waals surface area contributed by atoms with Gasteiger partial charge in [-0.15, -0.1) is 0 Å². The number of hydrogen-bond acceptors (Lipinski definition) is 3. The van der Waals surface area contributed by atoms with E-state index in [1.165, 1.54) is 0 Å². The molecule has 3 heterocycles. The van der Waals surface area contributed by atoms with Crippen molar-refractivity contribution in [2.45, 2.75) is 50.7 Å². The van der Waals surface area contributed by atoms with Crippen LogP contribution in [0.3, 0.4) is 0 Å². The van der Waals surface area contributed by atoms with Crippen LogP contribution in [-0.2, 0) is 4.79 Å². The van der Waals surface area contributed by atoms with E-state index in [0.29, 0.717) is 13.0 Å². The molecule has 3 aliphatic rings. The quantitative estimate of drug-likeness (QED) is 0.786. The van der Waals surface area contributed by atoms with Gasteiger partial charge in [-0.2, -0.15) is 0 Å². The number of likely N-dealkylation sites (N-methyl/N-ethyl adjacent to an activating group) is 1. The first-order valence-corrected chi connectivity index (χ1v) is 7.82. The molecule has 21 heavy (non-hydrogen) atoms. The molecule has 0 saturated carbocycles. The number of aliphatic carboxylic acids is 1. The van der Waals surface area contributed by atoms with E-state index in [-0.39, 0.29) is 29.6 Å². The molecule has 0 aliphatic carbocycles. The van der Waals surface area contributed by atoms with E-state index in [1.54, 1.807) is 0 Å². The fraction of sp³-hybridized carbons (Fsp3) is 0.867. The first-order valence-electron chi connectivity index (χ1n) is 7.82. The van der Waals surface area contributed by atoms with Crippen LogP contribution < -0.4 is 0 Å². The molecule has 3 aliphatic heterocycles. The molecule has 0 aromatic heterocycles. The third-order valence-electron chi connectivity index (χ3n) is 5.66. The molecule has 118 valence electrons. The van der Waals surface area contributed by atoms with E-state index in [0.717, 1.165) is 25.9 Å². The van der Waals surface area contributed by atoms with Crippen LogP contribution in [-0.4, -0.2) is 76.1 Å². The Kier molecular flexibility index (Phi) is 3.39. The summed E-state index contributed by atoms with van der Waals surface area (Å²) in [6.45, 7) is 6.59. The average molecular weight is 295 g/mol. The smallest absolute Gasteiger partial charge is 0.320 e. The van der Waals surface area contributed by atoms with E-state index >= 15 is 0 Å². The number of piperazine rings is 1. The van der Waals surface area contributed by atoms with E-state index in [2.05, 4.69) is 25.8 Å². The minimum absolute atomic E-state index is 0.0289. The zero-order valence-electron chi connectivity index (χ0n) is 13.1. The molecule has 0 radical (unpaired) electrons. The van der Waals surface area contributed by atoms with Crippen molar-refractivity contribution in [1.29, 1.82) is 0 Å². The highest BCUT2D eigenvalue weighted by molar-refractivity contribution is 5.79. The van der Waals surface area contributed by atoms with E-state index in [4.69, 9.17) is 0 Å². The van der Waals surface area contributed by atoms with Gasteiger partial charge in [0, 0.05) is 37.3 Å². The summed E-state index contributed by atoms with van der Waals surface area (Å²) in [6.07, 6.45) is 2.42. The Morgan fingerprint density at radius 3 is 2.48 bits per heavy atom. The van der Waals surface area contributed by atoms with Gasteiger partial charge in [-0.05, 0) is 40.2 Å². The van der Waals surface area contributed by atoms with Crippen molar-refractivity contribution in [2.75, 3.05) is 26.7 Å². The van der Waals surface area contributed by atoms with E-state index < -0.39 is 5.97 Å². The first-order chi connectivity index (χ1) is 9.81. The lowest BCUT2D eigenvalue weighted by molar-refractivity contribution is -0.142. The third-order valence-corrected chi connectivity index (χ3v) is 5.66. The van der Waals surface area contributed by atoms with Crippen molar-refractivity contribution in [3.8, 4) is 0 Å². The highest BCUT2D eigenvalue weighted by Gasteiger charge is 2.52. The summed E-state index contributed by atoms with van der Waals surface area (Å²) in [5.74, 6) is -1.12. The lowest BCUT2D eigenvalue weighted by Crippen LogP contribution is -2.61. The number of fused-ring (bicyclic) bond motifs is 2. The molecule has 6 heteroatoms. The molecule has 0 spiro atoms. The lowest BCUT2D eigenvalue weighted by Gasteiger charge is -2.46.